The van der Waals surface area contributed by atoms with Crippen LogP contribution < -0.4 is 20.9 Å². The van der Waals surface area contributed by atoms with Crippen molar-refractivity contribution in [2.75, 3.05) is 25.5 Å². The van der Waals surface area contributed by atoms with E-state index >= 15 is 0 Å². The predicted octanol–water partition coefficient (Wildman–Crippen LogP) is 4.03. The van der Waals surface area contributed by atoms with Crippen molar-refractivity contribution in [3.05, 3.63) is 100 Å². The molecule has 36 heavy (non-hydrogen) atoms. The first-order chi connectivity index (χ1) is 17.6. The maximum Gasteiger partial charge on any atom is 0.271 e. The number of aromatic nitrogens is 3. The summed E-state index contributed by atoms with van der Waals surface area (Å²) in [5.74, 6) is 0.824. The minimum absolute atomic E-state index is 0.0209. The van der Waals surface area contributed by atoms with Gasteiger partial charge >= 0.3 is 0 Å². The first-order valence-corrected chi connectivity index (χ1v) is 11.9. The van der Waals surface area contributed by atoms with Gasteiger partial charge in [0, 0.05) is 48.7 Å². The Bertz CT molecular complexity index is 1380. The molecule has 2 aromatic carbocycles. The molecule has 0 amide bonds. The molecule has 8 heteroatoms. The van der Waals surface area contributed by atoms with Crippen LogP contribution in [0, 0.1) is 11.3 Å². The number of para-hydroxylation sites is 1. The third-order valence-electron chi connectivity index (χ3n) is 6.09. The molecule has 0 saturated heterocycles. The minimum atomic E-state index is -0.162. The van der Waals surface area contributed by atoms with Crippen LogP contribution >= 0.6 is 0 Å². The second-order valence-electron chi connectivity index (χ2n) is 8.56. The van der Waals surface area contributed by atoms with Crippen LogP contribution in [-0.2, 0) is 13.5 Å². The molecule has 0 saturated carbocycles. The summed E-state index contributed by atoms with van der Waals surface area (Å²) in [6.07, 6.45) is 6.95. The van der Waals surface area contributed by atoms with Crippen molar-refractivity contribution in [1.82, 2.24) is 20.1 Å². The van der Waals surface area contributed by atoms with Crippen LogP contribution in [0.3, 0.4) is 0 Å². The van der Waals surface area contributed by atoms with Gasteiger partial charge < -0.3 is 20.4 Å². The van der Waals surface area contributed by atoms with Gasteiger partial charge in [0.2, 0.25) is 0 Å². The number of aromatic amines is 1. The van der Waals surface area contributed by atoms with E-state index in [9.17, 15) is 4.79 Å². The fourth-order valence-corrected chi connectivity index (χ4v) is 4.16. The van der Waals surface area contributed by atoms with E-state index in [0.717, 1.165) is 47.4 Å². The van der Waals surface area contributed by atoms with Gasteiger partial charge in [-0.3, -0.25) is 9.48 Å². The summed E-state index contributed by atoms with van der Waals surface area (Å²) in [6.45, 7) is 1.35. The third-order valence-corrected chi connectivity index (χ3v) is 6.09. The van der Waals surface area contributed by atoms with E-state index in [4.69, 9.17) is 10.00 Å². The number of ether oxygens (including phenoxy) is 1. The molecule has 2 aromatic heterocycles. The number of aryl methyl sites for hydroxylation is 1. The van der Waals surface area contributed by atoms with E-state index in [1.165, 1.54) is 0 Å². The largest absolute Gasteiger partial charge is 0.496 e. The van der Waals surface area contributed by atoms with Gasteiger partial charge in [0.1, 0.15) is 11.4 Å². The molecule has 0 bridgehead atoms. The van der Waals surface area contributed by atoms with Crippen molar-refractivity contribution < 1.29 is 4.74 Å². The van der Waals surface area contributed by atoms with Crippen molar-refractivity contribution in [2.45, 2.75) is 18.9 Å². The smallest absolute Gasteiger partial charge is 0.271 e. The summed E-state index contributed by atoms with van der Waals surface area (Å²) in [6, 6.07) is 19.7. The normalized spacial score (nSPS) is 11.6. The standard InChI is InChI=1S/C28H30N6O2/c1-34-19-23(18-33-34)22-15-26(28(35)32-17-22)31-14-12-25(24-5-3-4-6-27(24)36-2)30-13-11-20-7-9-21(16-29)10-8-20/h3-10,15,17-19,25,30-31H,11-14H2,1-2H3,(H,32,35). The molecule has 0 spiro atoms. The Morgan fingerprint density at radius 2 is 1.94 bits per heavy atom. The van der Waals surface area contributed by atoms with Crippen LogP contribution in [0.5, 0.6) is 5.75 Å². The second kappa shape index (κ2) is 11.9. The highest BCUT2D eigenvalue weighted by Crippen LogP contribution is 2.27. The molecular weight excluding hydrogens is 452 g/mol. The monoisotopic (exact) mass is 482 g/mol. The lowest BCUT2D eigenvalue weighted by atomic mass is 10.0. The Morgan fingerprint density at radius 3 is 2.67 bits per heavy atom. The van der Waals surface area contributed by atoms with Crippen molar-refractivity contribution in [1.29, 1.82) is 5.26 Å². The van der Waals surface area contributed by atoms with E-state index in [0.29, 0.717) is 17.8 Å². The van der Waals surface area contributed by atoms with Gasteiger partial charge in [0.15, 0.2) is 0 Å². The lowest BCUT2D eigenvalue weighted by molar-refractivity contribution is 0.396. The molecule has 4 aromatic rings. The van der Waals surface area contributed by atoms with Gasteiger partial charge in [0.05, 0.1) is 24.9 Å². The summed E-state index contributed by atoms with van der Waals surface area (Å²) >= 11 is 0. The fraction of sp³-hybridized carbons (Fsp3) is 0.250. The third kappa shape index (κ3) is 6.20. The first kappa shape index (κ1) is 24.8. The number of nitrogens with one attached hydrogen (secondary N) is 3. The highest BCUT2D eigenvalue weighted by Gasteiger charge is 2.16. The van der Waals surface area contributed by atoms with Crippen molar-refractivity contribution >= 4 is 5.69 Å². The topological polar surface area (TPSA) is 108 Å². The Morgan fingerprint density at radius 1 is 1.14 bits per heavy atom. The zero-order valence-electron chi connectivity index (χ0n) is 20.5. The van der Waals surface area contributed by atoms with Crippen LogP contribution in [0.2, 0.25) is 0 Å². The average Bonchev–Trinajstić information content (AvgIpc) is 3.35. The van der Waals surface area contributed by atoms with E-state index in [1.807, 2.05) is 61.8 Å². The number of benzene rings is 2. The maximum absolute atomic E-state index is 12.4. The Hall–Kier alpha value is -4.35. The molecule has 2 heterocycles. The van der Waals surface area contributed by atoms with Gasteiger partial charge in [-0.2, -0.15) is 10.4 Å². The van der Waals surface area contributed by atoms with Crippen LogP contribution in [0.1, 0.15) is 29.2 Å². The van der Waals surface area contributed by atoms with E-state index in [-0.39, 0.29) is 11.6 Å². The Kier molecular flexibility index (Phi) is 8.16. The fourth-order valence-electron chi connectivity index (χ4n) is 4.16. The van der Waals surface area contributed by atoms with E-state index in [2.05, 4.69) is 32.9 Å². The zero-order valence-corrected chi connectivity index (χ0v) is 20.5. The number of hydrogen-bond acceptors (Lipinski definition) is 6. The molecule has 0 aliphatic carbocycles. The van der Waals surface area contributed by atoms with Crippen LogP contribution in [-0.4, -0.2) is 35.0 Å². The number of hydrogen-bond donors (Lipinski definition) is 3. The van der Waals surface area contributed by atoms with Crippen molar-refractivity contribution in [3.8, 4) is 22.9 Å². The van der Waals surface area contributed by atoms with Crippen molar-refractivity contribution in [2.24, 2.45) is 7.05 Å². The Balaban J connectivity index is 1.44. The van der Waals surface area contributed by atoms with Crippen molar-refractivity contribution in [3.63, 3.8) is 0 Å². The predicted molar refractivity (Wildman–Crippen MR) is 141 cm³/mol. The first-order valence-electron chi connectivity index (χ1n) is 11.9. The van der Waals surface area contributed by atoms with Gasteiger partial charge in [-0.15, -0.1) is 0 Å². The molecule has 0 aliphatic heterocycles. The number of H-pyrrole nitrogens is 1. The lowest BCUT2D eigenvalue weighted by Gasteiger charge is -2.22. The summed E-state index contributed by atoms with van der Waals surface area (Å²) < 4.78 is 7.34. The quantitative estimate of drug-likeness (QED) is 0.298. The molecule has 1 unspecified atom stereocenters. The average molecular weight is 483 g/mol. The molecule has 184 valence electrons. The minimum Gasteiger partial charge on any atom is -0.496 e. The number of pyridine rings is 1. The van der Waals surface area contributed by atoms with Crippen LogP contribution in [0.4, 0.5) is 5.69 Å². The van der Waals surface area contributed by atoms with Gasteiger partial charge in [-0.1, -0.05) is 30.3 Å². The van der Waals surface area contributed by atoms with Crippen LogP contribution in [0.25, 0.3) is 11.1 Å². The van der Waals surface area contributed by atoms with Gasteiger partial charge in [-0.05, 0) is 49.2 Å². The number of nitrogens with zero attached hydrogens (tertiary/aromatic N) is 3. The summed E-state index contributed by atoms with van der Waals surface area (Å²) in [4.78, 5) is 15.2. The number of nitriles is 1. The summed E-state index contributed by atoms with van der Waals surface area (Å²) in [5.41, 5.74) is 5.09. The van der Waals surface area contributed by atoms with Gasteiger partial charge in [0.25, 0.3) is 5.56 Å². The molecule has 3 N–H and O–H groups in total. The highest BCUT2D eigenvalue weighted by atomic mass is 16.5. The summed E-state index contributed by atoms with van der Waals surface area (Å²) in [7, 11) is 3.54. The number of methoxy groups -OCH3 is 1. The number of anilines is 1. The SMILES string of the molecule is COc1ccccc1C(CCNc1cc(-c2cnn(C)c2)c[nH]c1=O)NCCc1ccc(C#N)cc1. The molecule has 1 atom stereocenters. The van der Waals surface area contributed by atoms with E-state index in [1.54, 1.807) is 24.2 Å². The van der Waals surface area contributed by atoms with E-state index < -0.39 is 0 Å². The molecule has 0 fully saturated rings. The second-order valence-corrected chi connectivity index (χ2v) is 8.56. The lowest BCUT2D eigenvalue weighted by Crippen LogP contribution is -2.27. The molecular formula is C28H30N6O2. The zero-order chi connectivity index (χ0) is 25.3. The molecule has 8 nitrogen and oxygen atoms in total. The molecule has 0 radical (unpaired) electrons. The Labute approximate surface area is 210 Å². The summed E-state index contributed by atoms with van der Waals surface area (Å²) in [5, 5.41) is 20.2. The highest BCUT2D eigenvalue weighted by molar-refractivity contribution is 5.65. The number of rotatable bonds is 11. The van der Waals surface area contributed by atoms with Gasteiger partial charge in [-0.25, -0.2) is 0 Å². The van der Waals surface area contributed by atoms with Crippen LogP contribution in [0.15, 0.2) is 78.0 Å². The molecule has 0 aliphatic rings. The molecule has 4 rings (SSSR count). The maximum atomic E-state index is 12.4.